The van der Waals surface area contributed by atoms with E-state index in [0.717, 1.165) is 37.2 Å². The fourth-order valence-electron chi connectivity index (χ4n) is 3.73. The lowest BCUT2D eigenvalue weighted by molar-refractivity contribution is 0.0977. The molecule has 31 heavy (non-hydrogen) atoms. The number of halogens is 2. The number of nitrogens with one attached hydrogen (secondary N) is 1. The van der Waals surface area contributed by atoms with E-state index in [1.165, 1.54) is 5.56 Å². The molecule has 2 fully saturated rings. The molecule has 0 radical (unpaired) electrons. The summed E-state index contributed by atoms with van der Waals surface area (Å²) < 4.78 is 46.1. The molecule has 1 heterocycles. The zero-order chi connectivity index (χ0) is 22.2. The van der Waals surface area contributed by atoms with Gasteiger partial charge in [0.05, 0.1) is 21.9 Å². The summed E-state index contributed by atoms with van der Waals surface area (Å²) in [5.41, 5.74) is 1.87. The lowest BCUT2D eigenvalue weighted by atomic mass is 10.2. The fraction of sp³-hybridized carbons (Fsp3) is 0.409. The Morgan fingerprint density at radius 2 is 1.94 bits per heavy atom. The summed E-state index contributed by atoms with van der Waals surface area (Å²) in [7, 11) is -3.78. The molecular weight excluding hydrogens is 443 g/mol. The second-order valence-corrected chi connectivity index (χ2v) is 10.4. The van der Waals surface area contributed by atoms with E-state index >= 15 is 0 Å². The van der Waals surface area contributed by atoms with Crippen molar-refractivity contribution in [1.82, 2.24) is 4.72 Å². The van der Waals surface area contributed by atoms with Gasteiger partial charge in [0, 0.05) is 18.3 Å². The van der Waals surface area contributed by atoms with Crippen molar-refractivity contribution < 1.29 is 22.3 Å². The Labute approximate surface area is 186 Å². The lowest BCUT2D eigenvalue weighted by Crippen LogP contribution is -2.34. The summed E-state index contributed by atoms with van der Waals surface area (Å²) in [6.45, 7) is 3.26. The second-order valence-electron chi connectivity index (χ2n) is 8.07. The molecule has 6 nitrogen and oxygen atoms in total. The van der Waals surface area contributed by atoms with Crippen LogP contribution in [0.1, 0.15) is 41.6 Å². The van der Waals surface area contributed by atoms with E-state index in [0.29, 0.717) is 19.4 Å². The van der Waals surface area contributed by atoms with Gasteiger partial charge in [-0.2, -0.15) is 0 Å². The van der Waals surface area contributed by atoms with Gasteiger partial charge in [0.15, 0.2) is 0 Å². The number of hydrogen-bond acceptors (Lipinski definition) is 5. The maximum absolute atomic E-state index is 14.5. The molecule has 1 N–H and O–H groups in total. The molecule has 9 heteroatoms. The standard InChI is InChI=1S/C22H24ClFN2O4S/c1-14-4-6-15(7-5-14)26-10-2-3-16(26)13-30-21-12-20(24)18(11-19(21)23)22(27)25-31(28,29)17-8-9-17/h4-7,11-12,16-17H,2-3,8-10,13H2,1H3,(H,25,27)/t16-/m1/s1. The van der Waals surface area contributed by atoms with Crippen molar-refractivity contribution in [1.29, 1.82) is 0 Å². The van der Waals surface area contributed by atoms with Crippen molar-refractivity contribution >= 4 is 33.2 Å². The van der Waals surface area contributed by atoms with Gasteiger partial charge in [0.2, 0.25) is 10.0 Å². The van der Waals surface area contributed by atoms with Gasteiger partial charge in [-0.25, -0.2) is 17.5 Å². The monoisotopic (exact) mass is 466 g/mol. The third-order valence-electron chi connectivity index (χ3n) is 5.64. The second kappa shape index (κ2) is 8.67. The van der Waals surface area contributed by atoms with Crippen LogP contribution in [0.3, 0.4) is 0 Å². The van der Waals surface area contributed by atoms with Crippen LogP contribution in [-0.4, -0.2) is 38.8 Å². The molecule has 1 saturated heterocycles. The predicted molar refractivity (Wildman–Crippen MR) is 118 cm³/mol. The van der Waals surface area contributed by atoms with Crippen LogP contribution < -0.4 is 14.4 Å². The minimum Gasteiger partial charge on any atom is -0.490 e. The van der Waals surface area contributed by atoms with Crippen molar-refractivity contribution in [2.24, 2.45) is 0 Å². The van der Waals surface area contributed by atoms with E-state index in [1.54, 1.807) is 0 Å². The van der Waals surface area contributed by atoms with Crippen LogP contribution in [0.4, 0.5) is 10.1 Å². The highest BCUT2D eigenvalue weighted by molar-refractivity contribution is 7.91. The fourth-order valence-corrected chi connectivity index (χ4v) is 5.24. The number of rotatable bonds is 7. The molecule has 0 bridgehead atoms. The molecule has 0 aromatic heterocycles. The number of carbonyl (C=O) groups excluding carboxylic acids is 1. The molecule has 2 aliphatic rings. The Morgan fingerprint density at radius 3 is 2.61 bits per heavy atom. The first-order valence-corrected chi connectivity index (χ1v) is 12.2. The minimum absolute atomic E-state index is 0.0512. The number of amides is 1. The number of hydrogen-bond donors (Lipinski definition) is 1. The van der Waals surface area contributed by atoms with Crippen molar-refractivity contribution in [3.8, 4) is 5.75 Å². The van der Waals surface area contributed by atoms with Crippen LogP contribution in [0.25, 0.3) is 0 Å². The zero-order valence-electron chi connectivity index (χ0n) is 17.1. The normalized spacial score (nSPS) is 18.8. The molecular formula is C22H24ClFN2O4S. The predicted octanol–water partition coefficient (Wildman–Crippen LogP) is 4.06. The first-order chi connectivity index (χ1) is 14.7. The molecule has 1 aliphatic carbocycles. The number of aryl methyl sites for hydroxylation is 1. The number of carbonyl (C=O) groups is 1. The van der Waals surface area contributed by atoms with E-state index in [9.17, 15) is 17.6 Å². The maximum atomic E-state index is 14.5. The molecule has 1 atom stereocenters. The lowest BCUT2D eigenvalue weighted by Gasteiger charge is -2.27. The molecule has 166 valence electrons. The van der Waals surface area contributed by atoms with Gasteiger partial charge in [-0.15, -0.1) is 0 Å². The van der Waals surface area contributed by atoms with E-state index < -0.39 is 32.6 Å². The topological polar surface area (TPSA) is 75.7 Å². The van der Waals surface area contributed by atoms with E-state index in [4.69, 9.17) is 16.3 Å². The highest BCUT2D eigenvalue weighted by Crippen LogP contribution is 2.31. The average Bonchev–Trinajstić information content (AvgIpc) is 3.49. The molecule has 1 saturated carbocycles. The molecule has 4 rings (SSSR count). The van der Waals surface area contributed by atoms with Crippen LogP contribution in [0.15, 0.2) is 36.4 Å². The number of nitrogens with zero attached hydrogens (tertiary/aromatic N) is 1. The van der Waals surface area contributed by atoms with Crippen molar-refractivity contribution in [3.05, 3.63) is 58.4 Å². The van der Waals surface area contributed by atoms with Crippen LogP contribution in [0.5, 0.6) is 5.75 Å². The maximum Gasteiger partial charge on any atom is 0.267 e. The van der Waals surface area contributed by atoms with Crippen LogP contribution >= 0.6 is 11.6 Å². The van der Waals surface area contributed by atoms with Crippen molar-refractivity contribution in [2.45, 2.75) is 43.9 Å². The minimum atomic E-state index is -3.78. The zero-order valence-corrected chi connectivity index (χ0v) is 18.7. The van der Waals surface area contributed by atoms with Crippen LogP contribution in [0, 0.1) is 12.7 Å². The van der Waals surface area contributed by atoms with Crippen molar-refractivity contribution in [2.75, 3.05) is 18.1 Å². The Balaban J connectivity index is 1.43. The Morgan fingerprint density at radius 1 is 1.23 bits per heavy atom. The number of anilines is 1. The third kappa shape index (κ3) is 4.96. The number of benzene rings is 2. The van der Waals surface area contributed by atoms with E-state index in [1.807, 2.05) is 11.6 Å². The first kappa shape index (κ1) is 21.9. The quantitative estimate of drug-likeness (QED) is 0.666. The van der Waals surface area contributed by atoms with Crippen LogP contribution in [0.2, 0.25) is 5.02 Å². The van der Waals surface area contributed by atoms with Crippen molar-refractivity contribution in [3.63, 3.8) is 0 Å². The molecule has 2 aromatic carbocycles. The highest BCUT2D eigenvalue weighted by Gasteiger charge is 2.37. The Kier molecular flexibility index (Phi) is 6.12. The summed E-state index contributed by atoms with van der Waals surface area (Å²) in [5.74, 6) is -1.79. The van der Waals surface area contributed by atoms with Gasteiger partial charge >= 0.3 is 0 Å². The largest absolute Gasteiger partial charge is 0.490 e. The summed E-state index contributed by atoms with van der Waals surface area (Å²) in [4.78, 5) is 14.5. The van der Waals surface area contributed by atoms with E-state index in [-0.39, 0.29) is 16.8 Å². The van der Waals surface area contributed by atoms with Crippen LogP contribution in [-0.2, 0) is 10.0 Å². The van der Waals surface area contributed by atoms with Gasteiger partial charge in [0.1, 0.15) is 18.2 Å². The SMILES string of the molecule is Cc1ccc(N2CCC[C@@H]2COc2cc(F)c(C(=O)NS(=O)(=O)C3CC3)cc2Cl)cc1. The summed E-state index contributed by atoms with van der Waals surface area (Å²) in [5, 5.41) is -0.532. The van der Waals surface area contributed by atoms with Gasteiger partial charge in [-0.1, -0.05) is 29.3 Å². The summed E-state index contributed by atoms with van der Waals surface area (Å²) in [6, 6.07) is 10.5. The van der Waals surface area contributed by atoms with Gasteiger partial charge in [-0.3, -0.25) is 4.79 Å². The van der Waals surface area contributed by atoms with Gasteiger partial charge < -0.3 is 9.64 Å². The summed E-state index contributed by atoms with van der Waals surface area (Å²) >= 11 is 6.21. The van der Waals surface area contributed by atoms with E-state index in [2.05, 4.69) is 29.2 Å². The Bertz CT molecular complexity index is 1090. The molecule has 1 aliphatic heterocycles. The number of sulfonamides is 1. The molecule has 0 unspecified atom stereocenters. The van der Waals surface area contributed by atoms with Gasteiger partial charge in [0.25, 0.3) is 5.91 Å². The summed E-state index contributed by atoms with van der Waals surface area (Å²) in [6.07, 6.45) is 2.96. The van der Waals surface area contributed by atoms with Gasteiger partial charge in [-0.05, 0) is 50.8 Å². The third-order valence-corrected chi connectivity index (χ3v) is 7.75. The molecule has 1 amide bonds. The first-order valence-electron chi connectivity index (χ1n) is 10.3. The Hall–Kier alpha value is -2.32. The average molecular weight is 467 g/mol. The molecule has 2 aromatic rings. The number of ether oxygens (including phenoxy) is 1. The highest BCUT2D eigenvalue weighted by atomic mass is 35.5. The molecule has 0 spiro atoms. The smallest absolute Gasteiger partial charge is 0.267 e.